The first-order chi connectivity index (χ1) is 4.62. The average molecular weight is 138 g/mol. The minimum atomic E-state index is 0.0941. The highest BCUT2D eigenvalue weighted by atomic mass is 14.9. The molecule has 0 rings (SSSR count). The molecule has 0 fully saturated rings. The minimum absolute atomic E-state index is 0.0941. The summed E-state index contributed by atoms with van der Waals surface area (Å²) in [4.78, 5) is 0. The van der Waals surface area contributed by atoms with Crippen molar-refractivity contribution in [1.29, 1.82) is 5.26 Å². The van der Waals surface area contributed by atoms with E-state index in [9.17, 15) is 0 Å². The topological polar surface area (TPSA) is 35.8 Å². The third kappa shape index (κ3) is 4.11. The summed E-state index contributed by atoms with van der Waals surface area (Å²) in [6, 6.07) is 2.02. The second-order valence-corrected chi connectivity index (χ2v) is 2.95. The molecular weight excluding hydrogens is 124 g/mol. The predicted octanol–water partition coefficient (Wildman–Crippen LogP) is 1.31. The fraction of sp³-hybridized carbons (Fsp3) is 0.625. The molecule has 0 atom stereocenters. The van der Waals surface area contributed by atoms with E-state index < -0.39 is 0 Å². The Bertz CT molecular complexity index is 142. The van der Waals surface area contributed by atoms with Gasteiger partial charge in [-0.3, -0.25) is 0 Å². The molecule has 0 aliphatic heterocycles. The zero-order valence-electron chi connectivity index (χ0n) is 6.65. The maximum absolute atomic E-state index is 8.20. The molecule has 0 aromatic rings. The van der Waals surface area contributed by atoms with Crippen LogP contribution in [-0.4, -0.2) is 13.1 Å². The van der Waals surface area contributed by atoms with Gasteiger partial charge in [0.15, 0.2) is 0 Å². The van der Waals surface area contributed by atoms with Gasteiger partial charge in [-0.05, 0) is 5.41 Å². The van der Waals surface area contributed by atoms with Gasteiger partial charge in [-0.25, -0.2) is 0 Å². The van der Waals surface area contributed by atoms with Crippen molar-refractivity contribution in [2.75, 3.05) is 13.1 Å². The van der Waals surface area contributed by atoms with E-state index in [2.05, 4.69) is 25.7 Å². The van der Waals surface area contributed by atoms with Crippen LogP contribution in [0.15, 0.2) is 12.7 Å². The Morgan fingerprint density at radius 2 is 2.30 bits per heavy atom. The largest absolute Gasteiger partial charge is 0.304 e. The predicted molar refractivity (Wildman–Crippen MR) is 42.5 cm³/mol. The molecule has 0 spiro atoms. The highest BCUT2D eigenvalue weighted by Crippen LogP contribution is 2.13. The summed E-state index contributed by atoms with van der Waals surface area (Å²) in [6.07, 6.45) is 1.89. The van der Waals surface area contributed by atoms with Crippen LogP contribution in [-0.2, 0) is 0 Å². The van der Waals surface area contributed by atoms with Crippen LogP contribution in [0.3, 0.4) is 0 Å². The monoisotopic (exact) mass is 138 g/mol. The number of nitrogens with one attached hydrogen (secondary N) is 1. The van der Waals surface area contributed by atoms with Gasteiger partial charge in [0, 0.05) is 6.54 Å². The lowest BCUT2D eigenvalue weighted by Crippen LogP contribution is -2.27. The second-order valence-electron chi connectivity index (χ2n) is 2.95. The van der Waals surface area contributed by atoms with Crippen LogP contribution in [0.5, 0.6) is 0 Å². The summed E-state index contributed by atoms with van der Waals surface area (Å²) in [7, 11) is 0. The summed E-state index contributed by atoms with van der Waals surface area (Å²) < 4.78 is 0. The Morgan fingerprint density at radius 3 is 2.70 bits per heavy atom. The van der Waals surface area contributed by atoms with E-state index in [1.54, 1.807) is 0 Å². The molecule has 2 nitrogen and oxygen atoms in total. The van der Waals surface area contributed by atoms with Crippen LogP contribution in [0.4, 0.5) is 0 Å². The van der Waals surface area contributed by atoms with E-state index in [1.807, 2.05) is 12.1 Å². The summed E-state index contributed by atoms with van der Waals surface area (Å²) in [5.74, 6) is 0. The Labute approximate surface area is 62.5 Å². The molecule has 2 heteroatoms. The molecule has 0 saturated carbocycles. The first-order valence-electron chi connectivity index (χ1n) is 3.33. The molecule has 0 heterocycles. The van der Waals surface area contributed by atoms with E-state index in [0.717, 1.165) is 6.54 Å². The second kappa shape index (κ2) is 4.08. The van der Waals surface area contributed by atoms with Gasteiger partial charge in [-0.2, -0.15) is 5.26 Å². The van der Waals surface area contributed by atoms with Crippen LogP contribution in [0.1, 0.15) is 13.8 Å². The molecule has 0 aromatic carbocycles. The Hall–Kier alpha value is -0.810. The smallest absolute Gasteiger partial charge is 0.0841 e. The van der Waals surface area contributed by atoms with Crippen LogP contribution in [0.25, 0.3) is 0 Å². The van der Waals surface area contributed by atoms with Gasteiger partial charge in [0.25, 0.3) is 0 Å². The van der Waals surface area contributed by atoms with Crippen molar-refractivity contribution in [3.63, 3.8) is 0 Å². The highest BCUT2D eigenvalue weighted by Gasteiger charge is 2.10. The zero-order chi connectivity index (χ0) is 8.04. The Balaban J connectivity index is 3.49. The zero-order valence-corrected chi connectivity index (χ0v) is 6.65. The van der Waals surface area contributed by atoms with E-state index in [0.29, 0.717) is 6.54 Å². The van der Waals surface area contributed by atoms with Gasteiger partial charge in [0.1, 0.15) is 0 Å². The quantitative estimate of drug-likeness (QED) is 0.361. The molecule has 10 heavy (non-hydrogen) atoms. The summed E-state index contributed by atoms with van der Waals surface area (Å²) in [5, 5.41) is 11.2. The highest BCUT2D eigenvalue weighted by molar-refractivity contribution is 4.90. The molecule has 0 aliphatic rings. The normalized spacial score (nSPS) is 10.5. The number of nitrogens with zero attached hydrogens (tertiary/aromatic N) is 1. The van der Waals surface area contributed by atoms with Crippen LogP contribution < -0.4 is 5.32 Å². The third-order valence-electron chi connectivity index (χ3n) is 1.34. The molecule has 0 bridgehead atoms. The lowest BCUT2D eigenvalue weighted by molar-refractivity contribution is 0.447. The van der Waals surface area contributed by atoms with Gasteiger partial charge in [-0.1, -0.05) is 19.9 Å². The maximum atomic E-state index is 8.20. The Morgan fingerprint density at radius 1 is 1.70 bits per heavy atom. The van der Waals surface area contributed by atoms with Gasteiger partial charge in [0.2, 0.25) is 0 Å². The van der Waals surface area contributed by atoms with Gasteiger partial charge in [0.05, 0.1) is 12.6 Å². The summed E-state index contributed by atoms with van der Waals surface area (Å²) in [5.41, 5.74) is 0.0941. The van der Waals surface area contributed by atoms with Gasteiger partial charge >= 0.3 is 0 Å². The van der Waals surface area contributed by atoms with Crippen molar-refractivity contribution in [2.24, 2.45) is 5.41 Å². The number of hydrogen-bond donors (Lipinski definition) is 1. The lowest BCUT2D eigenvalue weighted by atomic mass is 9.94. The summed E-state index contributed by atoms with van der Waals surface area (Å²) in [6.45, 7) is 9.06. The van der Waals surface area contributed by atoms with Gasteiger partial charge in [-0.15, -0.1) is 6.58 Å². The van der Waals surface area contributed by atoms with E-state index in [-0.39, 0.29) is 5.41 Å². The molecule has 1 N–H and O–H groups in total. The number of nitriles is 1. The van der Waals surface area contributed by atoms with E-state index in [4.69, 9.17) is 5.26 Å². The van der Waals surface area contributed by atoms with Crippen LogP contribution in [0, 0.1) is 16.7 Å². The lowest BCUT2D eigenvalue weighted by Gasteiger charge is -2.18. The molecule has 0 aromatic heterocycles. The summed E-state index contributed by atoms with van der Waals surface area (Å²) >= 11 is 0. The molecule has 0 aliphatic carbocycles. The fourth-order valence-electron chi connectivity index (χ4n) is 0.513. The van der Waals surface area contributed by atoms with Crippen molar-refractivity contribution < 1.29 is 0 Å². The Kier molecular flexibility index (Phi) is 3.75. The van der Waals surface area contributed by atoms with Crippen molar-refractivity contribution in [3.8, 4) is 6.07 Å². The number of rotatable bonds is 4. The maximum Gasteiger partial charge on any atom is 0.0841 e. The first-order valence-corrected chi connectivity index (χ1v) is 3.33. The molecule has 56 valence electrons. The van der Waals surface area contributed by atoms with Crippen molar-refractivity contribution in [3.05, 3.63) is 12.7 Å². The molecule has 0 radical (unpaired) electrons. The van der Waals surface area contributed by atoms with E-state index in [1.165, 1.54) is 0 Å². The standard InChI is InChI=1S/C8H14N2/c1-4-8(2,3)7-10-6-5-9/h4,10H,1,6-7H2,2-3H3. The third-order valence-corrected chi connectivity index (χ3v) is 1.34. The molecule has 0 unspecified atom stereocenters. The van der Waals surface area contributed by atoms with Crippen molar-refractivity contribution in [1.82, 2.24) is 5.32 Å². The molecule has 0 saturated heterocycles. The fourth-order valence-corrected chi connectivity index (χ4v) is 0.513. The molecular formula is C8H14N2. The van der Waals surface area contributed by atoms with Crippen molar-refractivity contribution in [2.45, 2.75) is 13.8 Å². The minimum Gasteiger partial charge on any atom is -0.304 e. The first kappa shape index (κ1) is 9.19. The van der Waals surface area contributed by atoms with Crippen LogP contribution in [0.2, 0.25) is 0 Å². The SMILES string of the molecule is C=CC(C)(C)CNCC#N. The van der Waals surface area contributed by atoms with Crippen LogP contribution >= 0.6 is 0 Å². The average Bonchev–Trinajstić information content (AvgIpc) is 1.89. The van der Waals surface area contributed by atoms with Crippen molar-refractivity contribution >= 4 is 0 Å². The molecule has 0 amide bonds. The van der Waals surface area contributed by atoms with E-state index >= 15 is 0 Å². The number of hydrogen-bond acceptors (Lipinski definition) is 2. The van der Waals surface area contributed by atoms with Gasteiger partial charge < -0.3 is 5.32 Å².